The molecule has 0 bridgehead atoms. The summed E-state index contributed by atoms with van der Waals surface area (Å²) in [5.74, 6) is -0.312. The van der Waals surface area contributed by atoms with E-state index in [4.69, 9.17) is 4.74 Å². The minimum atomic E-state index is -0.386. The highest BCUT2D eigenvalue weighted by molar-refractivity contribution is 7.12. The minimum Gasteiger partial charge on any atom is -0.375 e. The number of benzene rings is 1. The van der Waals surface area contributed by atoms with Crippen molar-refractivity contribution in [1.82, 2.24) is 5.32 Å². The Morgan fingerprint density at radius 3 is 2.64 bits per heavy atom. The molecule has 25 heavy (non-hydrogen) atoms. The molecule has 0 unspecified atom stereocenters. The number of thiophene rings is 1. The van der Waals surface area contributed by atoms with Crippen molar-refractivity contribution in [3.63, 3.8) is 0 Å². The molecule has 2 aromatic rings. The van der Waals surface area contributed by atoms with Gasteiger partial charge in [0.15, 0.2) is 0 Å². The Hall–Kier alpha value is -1.93. The molecule has 8 heteroatoms. The van der Waals surface area contributed by atoms with E-state index < -0.39 is 0 Å². The number of carbonyl (C=O) groups is 2. The van der Waals surface area contributed by atoms with Gasteiger partial charge in [-0.1, -0.05) is 12.1 Å². The highest BCUT2D eigenvalue weighted by atomic mass is 35.5. The second kappa shape index (κ2) is 8.96. The van der Waals surface area contributed by atoms with Crippen LogP contribution >= 0.6 is 23.7 Å². The van der Waals surface area contributed by atoms with E-state index in [1.165, 1.54) is 11.3 Å². The van der Waals surface area contributed by atoms with E-state index in [1.807, 2.05) is 18.4 Å². The molecule has 1 aromatic carbocycles. The first-order chi connectivity index (χ1) is 11.6. The van der Waals surface area contributed by atoms with Crippen molar-refractivity contribution < 1.29 is 14.3 Å². The predicted octanol–water partition coefficient (Wildman–Crippen LogP) is 2.74. The van der Waals surface area contributed by atoms with Gasteiger partial charge in [-0.25, -0.2) is 0 Å². The van der Waals surface area contributed by atoms with Gasteiger partial charge in [0.25, 0.3) is 5.91 Å². The lowest BCUT2D eigenvalue weighted by molar-refractivity contribution is -0.123. The molecule has 0 radical (unpaired) electrons. The van der Waals surface area contributed by atoms with Gasteiger partial charge in [-0.3, -0.25) is 9.59 Å². The fourth-order valence-electron chi connectivity index (χ4n) is 2.52. The Balaban J connectivity index is 0.00000225. The summed E-state index contributed by atoms with van der Waals surface area (Å²) in [6, 6.07) is 10.3. The zero-order valence-corrected chi connectivity index (χ0v) is 15.3. The molecule has 2 amide bonds. The molecular weight excluding hydrogens is 362 g/mol. The van der Waals surface area contributed by atoms with Gasteiger partial charge in [0.05, 0.1) is 17.6 Å². The SMILES string of the molecule is C[C@H]1OCCN[C@@H]1C(=O)Nc1cccc(NC(=O)c2cccs2)c1.Cl. The van der Waals surface area contributed by atoms with Crippen LogP contribution in [0, 0.1) is 0 Å². The van der Waals surface area contributed by atoms with Crippen LogP contribution in [-0.4, -0.2) is 37.1 Å². The van der Waals surface area contributed by atoms with Crippen molar-refractivity contribution in [3.05, 3.63) is 46.7 Å². The summed E-state index contributed by atoms with van der Waals surface area (Å²) in [5.41, 5.74) is 1.26. The molecule has 1 aromatic heterocycles. The highest BCUT2D eigenvalue weighted by Gasteiger charge is 2.28. The van der Waals surface area contributed by atoms with Crippen molar-refractivity contribution in [3.8, 4) is 0 Å². The van der Waals surface area contributed by atoms with E-state index in [0.29, 0.717) is 29.4 Å². The zero-order valence-electron chi connectivity index (χ0n) is 13.7. The van der Waals surface area contributed by atoms with Crippen molar-refractivity contribution >= 4 is 46.9 Å². The lowest BCUT2D eigenvalue weighted by atomic mass is 10.1. The predicted molar refractivity (Wildman–Crippen MR) is 102 cm³/mol. The van der Waals surface area contributed by atoms with E-state index in [1.54, 1.807) is 30.3 Å². The molecule has 1 saturated heterocycles. The molecule has 1 aliphatic rings. The van der Waals surface area contributed by atoms with Crippen LogP contribution in [0.3, 0.4) is 0 Å². The van der Waals surface area contributed by atoms with Crippen LogP contribution in [-0.2, 0) is 9.53 Å². The average molecular weight is 382 g/mol. The summed E-state index contributed by atoms with van der Waals surface area (Å²) in [5, 5.41) is 10.7. The molecule has 134 valence electrons. The van der Waals surface area contributed by atoms with Gasteiger partial charge in [0, 0.05) is 17.9 Å². The molecule has 1 aliphatic heterocycles. The summed E-state index contributed by atoms with van der Waals surface area (Å²) in [6.45, 7) is 3.13. The van der Waals surface area contributed by atoms with E-state index in [-0.39, 0.29) is 36.4 Å². The van der Waals surface area contributed by atoms with Gasteiger partial charge in [-0.15, -0.1) is 23.7 Å². The Labute approximate surface area is 156 Å². The number of carbonyl (C=O) groups excluding carboxylic acids is 2. The van der Waals surface area contributed by atoms with Crippen LogP contribution in [0.15, 0.2) is 41.8 Å². The zero-order chi connectivity index (χ0) is 16.9. The Kier molecular flexibility index (Phi) is 6.95. The molecule has 6 nitrogen and oxygen atoms in total. The van der Waals surface area contributed by atoms with E-state index in [0.717, 1.165) is 0 Å². The number of halogens is 1. The monoisotopic (exact) mass is 381 g/mol. The number of anilines is 2. The Bertz CT molecular complexity index is 724. The molecule has 3 N–H and O–H groups in total. The maximum absolute atomic E-state index is 12.4. The maximum atomic E-state index is 12.4. The maximum Gasteiger partial charge on any atom is 0.265 e. The molecule has 3 rings (SSSR count). The largest absolute Gasteiger partial charge is 0.375 e. The summed E-state index contributed by atoms with van der Waals surface area (Å²) >= 11 is 1.38. The second-order valence-electron chi connectivity index (χ2n) is 5.51. The lowest BCUT2D eigenvalue weighted by Gasteiger charge is -2.29. The highest BCUT2D eigenvalue weighted by Crippen LogP contribution is 2.18. The lowest BCUT2D eigenvalue weighted by Crippen LogP contribution is -2.53. The van der Waals surface area contributed by atoms with Crippen molar-refractivity contribution in [2.24, 2.45) is 0 Å². The topological polar surface area (TPSA) is 79.5 Å². The standard InChI is InChI=1S/C17H19N3O3S.ClH/c1-11-15(18-7-8-23-11)17(22)20-13-5-2-4-12(10-13)19-16(21)14-6-3-9-24-14;/h2-6,9-11,15,18H,7-8H2,1H3,(H,19,21)(H,20,22);1H/t11-,15+;/m1./s1. The second-order valence-corrected chi connectivity index (χ2v) is 6.46. The number of ether oxygens (including phenoxy) is 1. The van der Waals surface area contributed by atoms with Crippen LogP contribution in [0.2, 0.25) is 0 Å². The third kappa shape index (κ3) is 5.02. The van der Waals surface area contributed by atoms with Crippen LogP contribution in [0.25, 0.3) is 0 Å². The van der Waals surface area contributed by atoms with Gasteiger partial charge in [0.1, 0.15) is 6.04 Å². The summed E-state index contributed by atoms with van der Waals surface area (Å²) in [7, 11) is 0. The van der Waals surface area contributed by atoms with Gasteiger partial charge >= 0.3 is 0 Å². The van der Waals surface area contributed by atoms with Crippen molar-refractivity contribution in [2.75, 3.05) is 23.8 Å². The molecule has 0 spiro atoms. The smallest absolute Gasteiger partial charge is 0.265 e. The average Bonchev–Trinajstić information content (AvgIpc) is 3.10. The number of hydrogen-bond acceptors (Lipinski definition) is 5. The van der Waals surface area contributed by atoms with E-state index in [9.17, 15) is 9.59 Å². The van der Waals surface area contributed by atoms with E-state index in [2.05, 4.69) is 16.0 Å². The quantitative estimate of drug-likeness (QED) is 0.760. The number of amides is 2. The first-order valence-corrected chi connectivity index (χ1v) is 8.62. The Morgan fingerprint density at radius 1 is 1.20 bits per heavy atom. The van der Waals surface area contributed by atoms with E-state index >= 15 is 0 Å². The summed E-state index contributed by atoms with van der Waals surface area (Å²) < 4.78 is 5.49. The molecule has 2 atom stereocenters. The van der Waals surface area contributed by atoms with Crippen LogP contribution in [0.5, 0.6) is 0 Å². The normalized spacial score (nSPS) is 19.6. The fourth-order valence-corrected chi connectivity index (χ4v) is 3.14. The van der Waals surface area contributed by atoms with Gasteiger partial charge in [-0.05, 0) is 36.6 Å². The van der Waals surface area contributed by atoms with Crippen LogP contribution in [0.1, 0.15) is 16.6 Å². The molecule has 0 aliphatic carbocycles. The number of hydrogen-bond donors (Lipinski definition) is 3. The first kappa shape index (κ1) is 19.4. The van der Waals surface area contributed by atoms with Gasteiger partial charge < -0.3 is 20.7 Å². The number of nitrogens with one attached hydrogen (secondary N) is 3. The summed E-state index contributed by atoms with van der Waals surface area (Å²) in [4.78, 5) is 25.1. The van der Waals surface area contributed by atoms with Crippen LogP contribution < -0.4 is 16.0 Å². The van der Waals surface area contributed by atoms with Gasteiger partial charge in [0.2, 0.25) is 5.91 Å². The first-order valence-electron chi connectivity index (χ1n) is 7.74. The van der Waals surface area contributed by atoms with Gasteiger partial charge in [-0.2, -0.15) is 0 Å². The molecule has 2 heterocycles. The molecule has 1 fully saturated rings. The third-order valence-corrected chi connectivity index (χ3v) is 4.60. The number of morpholine rings is 1. The molecule has 0 saturated carbocycles. The fraction of sp³-hybridized carbons (Fsp3) is 0.294. The third-order valence-electron chi connectivity index (χ3n) is 3.73. The minimum absolute atomic E-state index is 0. The number of rotatable bonds is 4. The van der Waals surface area contributed by atoms with Crippen molar-refractivity contribution in [2.45, 2.75) is 19.1 Å². The Morgan fingerprint density at radius 2 is 1.96 bits per heavy atom. The summed E-state index contributed by atoms with van der Waals surface area (Å²) in [6.07, 6.45) is -0.180. The van der Waals surface area contributed by atoms with Crippen LogP contribution in [0.4, 0.5) is 11.4 Å². The van der Waals surface area contributed by atoms with Crippen molar-refractivity contribution in [1.29, 1.82) is 0 Å². The molecular formula is C17H20ClN3O3S.